The van der Waals surface area contributed by atoms with Crippen LogP contribution in [0.15, 0.2) is 11.5 Å². The lowest BCUT2D eigenvalue weighted by Crippen LogP contribution is -2.18. The van der Waals surface area contributed by atoms with Crippen molar-refractivity contribution in [3.05, 3.63) is 11.5 Å². The monoisotopic (exact) mass is 160 g/mol. The van der Waals surface area contributed by atoms with Crippen LogP contribution in [0.25, 0.3) is 0 Å². The molecule has 0 bridgehead atoms. The zero-order valence-electron chi connectivity index (χ0n) is 6.05. The van der Waals surface area contributed by atoms with E-state index in [2.05, 4.69) is 32.3 Å². The van der Waals surface area contributed by atoms with Gasteiger partial charge in [0.05, 0.1) is 0 Å². The van der Waals surface area contributed by atoms with Gasteiger partial charge in [-0.1, -0.05) is 48.4 Å². The van der Waals surface area contributed by atoms with Gasteiger partial charge in [-0.15, -0.1) is 0 Å². The maximum atomic E-state index is 2.29. The fourth-order valence-electron chi connectivity index (χ4n) is 0.660. The predicted molar refractivity (Wildman–Crippen MR) is 47.6 cm³/mol. The van der Waals surface area contributed by atoms with Gasteiger partial charge in [-0.3, -0.25) is 0 Å². The van der Waals surface area contributed by atoms with Crippen molar-refractivity contribution in [3.63, 3.8) is 0 Å². The Bertz CT molecular complexity index is 121. The molecule has 0 amide bonds. The molecule has 1 unspecified atom stereocenters. The maximum Gasteiger partial charge on any atom is 0.0391 e. The van der Waals surface area contributed by atoms with Gasteiger partial charge in [-0.2, -0.15) is 0 Å². The lowest BCUT2D eigenvalue weighted by atomic mass is 9.92. The van der Waals surface area contributed by atoms with Crippen molar-refractivity contribution < 1.29 is 0 Å². The molecule has 0 aliphatic carbocycles. The Balaban J connectivity index is 2.53. The van der Waals surface area contributed by atoms with Gasteiger partial charge in [0, 0.05) is 5.25 Å². The number of hydrogen-bond donors (Lipinski definition) is 0. The molecule has 9 heavy (non-hydrogen) atoms. The van der Waals surface area contributed by atoms with Crippen LogP contribution < -0.4 is 0 Å². The summed E-state index contributed by atoms with van der Waals surface area (Å²) in [7, 11) is 3.80. The summed E-state index contributed by atoms with van der Waals surface area (Å²) in [5, 5.41) is 2.89. The molecule has 1 aliphatic heterocycles. The highest BCUT2D eigenvalue weighted by atomic mass is 33.1. The number of hydrogen-bond acceptors (Lipinski definition) is 2. The van der Waals surface area contributed by atoms with Crippen LogP contribution in [0.2, 0.25) is 0 Å². The standard InChI is InChI=1S/C7H12S2/c1-7(2,3)6-4-5-8-9-6/h4-6H,1-3H3. The third kappa shape index (κ3) is 1.94. The van der Waals surface area contributed by atoms with Crippen LogP contribution in [-0.2, 0) is 0 Å². The molecule has 2 heteroatoms. The van der Waals surface area contributed by atoms with E-state index in [0.717, 1.165) is 0 Å². The Morgan fingerprint density at radius 2 is 2.00 bits per heavy atom. The molecule has 0 nitrogen and oxygen atoms in total. The zero-order chi connectivity index (χ0) is 6.91. The molecule has 0 aromatic carbocycles. The Morgan fingerprint density at radius 1 is 1.33 bits per heavy atom. The van der Waals surface area contributed by atoms with E-state index in [1.807, 2.05) is 21.6 Å². The van der Waals surface area contributed by atoms with Gasteiger partial charge in [-0.25, -0.2) is 0 Å². The van der Waals surface area contributed by atoms with Crippen LogP contribution in [0.1, 0.15) is 20.8 Å². The van der Waals surface area contributed by atoms with Gasteiger partial charge < -0.3 is 0 Å². The quantitative estimate of drug-likeness (QED) is 0.499. The van der Waals surface area contributed by atoms with Gasteiger partial charge in [0.15, 0.2) is 0 Å². The highest BCUT2D eigenvalue weighted by Gasteiger charge is 2.24. The van der Waals surface area contributed by atoms with Gasteiger partial charge in [-0.05, 0) is 10.8 Å². The van der Waals surface area contributed by atoms with Crippen LogP contribution in [0, 0.1) is 5.41 Å². The summed E-state index contributed by atoms with van der Waals surface area (Å²) in [6.07, 6.45) is 2.29. The van der Waals surface area contributed by atoms with Crippen LogP contribution >= 0.6 is 21.6 Å². The molecular weight excluding hydrogens is 148 g/mol. The summed E-state index contributed by atoms with van der Waals surface area (Å²) < 4.78 is 0. The first-order valence-corrected chi connectivity index (χ1v) is 5.37. The second-order valence-electron chi connectivity index (χ2n) is 3.31. The van der Waals surface area contributed by atoms with Gasteiger partial charge >= 0.3 is 0 Å². The lowest BCUT2D eigenvalue weighted by molar-refractivity contribution is 0.434. The molecule has 0 radical (unpaired) electrons. The van der Waals surface area contributed by atoms with Crippen molar-refractivity contribution in [1.29, 1.82) is 0 Å². The minimum atomic E-state index is 0.435. The van der Waals surface area contributed by atoms with E-state index in [1.54, 1.807) is 0 Å². The molecule has 1 atom stereocenters. The third-order valence-electron chi connectivity index (χ3n) is 1.32. The Hall–Kier alpha value is 0.440. The first kappa shape index (κ1) is 7.55. The minimum Gasteiger partial charge on any atom is -0.0814 e. The minimum absolute atomic E-state index is 0.435. The molecule has 0 spiro atoms. The zero-order valence-corrected chi connectivity index (χ0v) is 7.68. The second kappa shape index (κ2) is 2.59. The Labute approximate surface area is 64.9 Å². The molecule has 0 N–H and O–H groups in total. The Kier molecular flexibility index (Phi) is 2.17. The van der Waals surface area contributed by atoms with E-state index in [1.165, 1.54) is 0 Å². The van der Waals surface area contributed by atoms with E-state index in [4.69, 9.17) is 0 Å². The SMILES string of the molecule is CC(C)(C)C1C=CSS1. The molecule has 1 heterocycles. The van der Waals surface area contributed by atoms with Gasteiger partial charge in [0.2, 0.25) is 0 Å². The summed E-state index contributed by atoms with van der Waals surface area (Å²) in [5.41, 5.74) is 0.435. The Morgan fingerprint density at radius 3 is 2.22 bits per heavy atom. The largest absolute Gasteiger partial charge is 0.0814 e. The second-order valence-corrected chi connectivity index (χ2v) is 5.63. The van der Waals surface area contributed by atoms with Crippen LogP contribution in [0.4, 0.5) is 0 Å². The lowest BCUT2D eigenvalue weighted by Gasteiger charge is -2.23. The fourth-order valence-corrected chi connectivity index (χ4v) is 3.40. The van der Waals surface area contributed by atoms with E-state index < -0.39 is 0 Å². The van der Waals surface area contributed by atoms with E-state index in [0.29, 0.717) is 10.7 Å². The van der Waals surface area contributed by atoms with E-state index >= 15 is 0 Å². The predicted octanol–water partition coefficient (Wildman–Crippen LogP) is 3.31. The van der Waals surface area contributed by atoms with Crippen LogP contribution in [0.3, 0.4) is 0 Å². The molecule has 0 aromatic heterocycles. The average Bonchev–Trinajstić information content (AvgIpc) is 2.08. The molecule has 1 aliphatic rings. The van der Waals surface area contributed by atoms with E-state index in [-0.39, 0.29) is 0 Å². The van der Waals surface area contributed by atoms with Crippen molar-refractivity contribution in [2.24, 2.45) is 5.41 Å². The van der Waals surface area contributed by atoms with E-state index in [9.17, 15) is 0 Å². The summed E-state index contributed by atoms with van der Waals surface area (Å²) >= 11 is 0. The summed E-state index contributed by atoms with van der Waals surface area (Å²) in [6, 6.07) is 0. The summed E-state index contributed by atoms with van der Waals surface area (Å²) in [5.74, 6) is 0. The fraction of sp³-hybridized carbons (Fsp3) is 0.714. The van der Waals surface area contributed by atoms with Crippen molar-refractivity contribution in [2.45, 2.75) is 26.0 Å². The maximum absolute atomic E-state index is 2.29. The molecule has 0 aromatic rings. The molecule has 52 valence electrons. The van der Waals surface area contributed by atoms with Crippen molar-refractivity contribution in [2.75, 3.05) is 0 Å². The topological polar surface area (TPSA) is 0 Å². The first-order valence-electron chi connectivity index (χ1n) is 3.09. The highest BCUT2D eigenvalue weighted by Crippen LogP contribution is 2.43. The van der Waals surface area contributed by atoms with Crippen LogP contribution in [0.5, 0.6) is 0 Å². The molecule has 1 rings (SSSR count). The van der Waals surface area contributed by atoms with Crippen molar-refractivity contribution in [1.82, 2.24) is 0 Å². The van der Waals surface area contributed by atoms with Crippen molar-refractivity contribution in [3.8, 4) is 0 Å². The van der Waals surface area contributed by atoms with Gasteiger partial charge in [0.1, 0.15) is 0 Å². The summed E-state index contributed by atoms with van der Waals surface area (Å²) in [6.45, 7) is 6.84. The first-order chi connectivity index (χ1) is 4.11. The summed E-state index contributed by atoms with van der Waals surface area (Å²) in [4.78, 5) is 0. The molecule has 0 saturated heterocycles. The third-order valence-corrected chi connectivity index (χ3v) is 4.06. The molecule has 0 saturated carbocycles. The van der Waals surface area contributed by atoms with Crippen LogP contribution in [-0.4, -0.2) is 5.25 Å². The molecular formula is C7H12S2. The smallest absolute Gasteiger partial charge is 0.0391 e. The highest BCUT2D eigenvalue weighted by molar-refractivity contribution is 8.78. The van der Waals surface area contributed by atoms with Gasteiger partial charge in [0.25, 0.3) is 0 Å². The normalized spacial score (nSPS) is 27.2. The van der Waals surface area contributed by atoms with Crippen molar-refractivity contribution >= 4 is 21.6 Å². The number of rotatable bonds is 0. The average molecular weight is 160 g/mol. The molecule has 0 fully saturated rings.